The van der Waals surface area contributed by atoms with E-state index in [1.165, 1.54) is 12.1 Å². The maximum absolute atomic E-state index is 11.8. The summed E-state index contributed by atoms with van der Waals surface area (Å²) in [6.45, 7) is 11.9. The smallest absolute Gasteiger partial charge is 0.412 e. The van der Waals surface area contributed by atoms with Crippen molar-refractivity contribution >= 4 is 23.2 Å². The molecule has 8 nitrogen and oxygen atoms in total. The van der Waals surface area contributed by atoms with Gasteiger partial charge in [-0.15, -0.1) is 0 Å². The number of hydrogen-bond acceptors (Lipinski definition) is 6. The second kappa shape index (κ2) is 8.66. The number of carbonyl (C=O) groups excluding carboxylic acids is 1. The Labute approximate surface area is 148 Å². The van der Waals surface area contributed by atoms with Gasteiger partial charge in [-0.1, -0.05) is 13.8 Å². The Morgan fingerprint density at radius 3 is 2.44 bits per heavy atom. The molecule has 0 spiro atoms. The Morgan fingerprint density at radius 2 is 1.92 bits per heavy atom. The molecule has 1 amide bonds. The lowest BCUT2D eigenvalue weighted by Crippen LogP contribution is -2.37. The van der Waals surface area contributed by atoms with Crippen LogP contribution in [0, 0.1) is 10.1 Å². The second-order valence-corrected chi connectivity index (χ2v) is 7.22. The number of hydrogen-bond donors (Lipinski definition) is 3. The second-order valence-electron chi connectivity index (χ2n) is 7.22. The van der Waals surface area contributed by atoms with Gasteiger partial charge in [0.15, 0.2) is 0 Å². The van der Waals surface area contributed by atoms with Gasteiger partial charge in [0.1, 0.15) is 11.3 Å². The van der Waals surface area contributed by atoms with Crippen molar-refractivity contribution in [2.45, 2.75) is 59.2 Å². The first-order valence-corrected chi connectivity index (χ1v) is 8.26. The summed E-state index contributed by atoms with van der Waals surface area (Å²) in [6, 6.07) is 5.13. The van der Waals surface area contributed by atoms with E-state index >= 15 is 0 Å². The third kappa shape index (κ3) is 7.84. The van der Waals surface area contributed by atoms with Gasteiger partial charge in [-0.2, -0.15) is 0 Å². The van der Waals surface area contributed by atoms with E-state index < -0.39 is 16.6 Å². The van der Waals surface area contributed by atoms with Gasteiger partial charge < -0.3 is 15.4 Å². The van der Waals surface area contributed by atoms with Gasteiger partial charge >= 0.3 is 6.09 Å². The van der Waals surface area contributed by atoms with E-state index in [0.717, 1.165) is 0 Å². The van der Waals surface area contributed by atoms with E-state index in [-0.39, 0.29) is 17.4 Å². The molecule has 0 bridgehead atoms. The SMILES string of the molecule is CC(C)NC(C)CNc1ccc(NC(=O)OC(C)(C)C)c([N+](=O)[O-])c1. The first-order valence-electron chi connectivity index (χ1n) is 8.26. The molecule has 0 aliphatic rings. The predicted molar refractivity (Wildman–Crippen MR) is 99.2 cm³/mol. The van der Waals surface area contributed by atoms with Crippen molar-refractivity contribution in [2.24, 2.45) is 0 Å². The number of nitrogens with one attached hydrogen (secondary N) is 3. The fraction of sp³-hybridized carbons (Fsp3) is 0.588. The molecule has 0 saturated heterocycles. The maximum Gasteiger partial charge on any atom is 0.412 e. The lowest BCUT2D eigenvalue weighted by atomic mass is 10.2. The zero-order valence-corrected chi connectivity index (χ0v) is 15.7. The molecule has 8 heteroatoms. The molecule has 0 aliphatic carbocycles. The highest BCUT2D eigenvalue weighted by atomic mass is 16.6. The quantitative estimate of drug-likeness (QED) is 0.510. The summed E-state index contributed by atoms with van der Waals surface area (Å²) in [6.07, 6.45) is -0.730. The fourth-order valence-electron chi connectivity index (χ4n) is 2.21. The number of nitro benzene ring substituents is 1. The summed E-state index contributed by atoms with van der Waals surface area (Å²) in [5.74, 6) is 0. The molecule has 1 unspecified atom stereocenters. The van der Waals surface area contributed by atoms with Crippen LogP contribution in [-0.2, 0) is 4.74 Å². The molecular formula is C17H28N4O4. The molecule has 0 aliphatic heterocycles. The van der Waals surface area contributed by atoms with Gasteiger partial charge in [-0.25, -0.2) is 4.79 Å². The van der Waals surface area contributed by atoms with Crippen molar-refractivity contribution < 1.29 is 14.5 Å². The number of rotatable bonds is 7. The first kappa shape index (κ1) is 20.7. The molecule has 1 aromatic rings. The van der Waals surface area contributed by atoms with E-state index in [4.69, 9.17) is 4.74 Å². The van der Waals surface area contributed by atoms with Crippen LogP contribution in [0.1, 0.15) is 41.5 Å². The van der Waals surface area contributed by atoms with E-state index in [1.807, 2.05) is 6.92 Å². The van der Waals surface area contributed by atoms with Crippen LogP contribution in [0.25, 0.3) is 0 Å². The summed E-state index contributed by atoms with van der Waals surface area (Å²) < 4.78 is 5.13. The van der Waals surface area contributed by atoms with E-state index in [1.54, 1.807) is 26.8 Å². The van der Waals surface area contributed by atoms with Crippen LogP contribution in [0.3, 0.4) is 0 Å². The Hall–Kier alpha value is -2.35. The molecule has 1 aromatic carbocycles. The minimum atomic E-state index is -0.730. The largest absolute Gasteiger partial charge is 0.444 e. The lowest BCUT2D eigenvalue weighted by Gasteiger charge is -2.20. The molecule has 1 atom stereocenters. The number of carbonyl (C=O) groups is 1. The van der Waals surface area contributed by atoms with Gasteiger partial charge in [-0.3, -0.25) is 15.4 Å². The van der Waals surface area contributed by atoms with Crippen LogP contribution >= 0.6 is 0 Å². The first-order chi connectivity index (χ1) is 11.5. The van der Waals surface area contributed by atoms with Gasteiger partial charge in [0.2, 0.25) is 0 Å². The fourth-order valence-corrected chi connectivity index (χ4v) is 2.21. The van der Waals surface area contributed by atoms with Crippen molar-refractivity contribution in [2.75, 3.05) is 17.2 Å². The van der Waals surface area contributed by atoms with Crippen molar-refractivity contribution in [1.29, 1.82) is 0 Å². The average molecular weight is 352 g/mol. The average Bonchev–Trinajstić information content (AvgIpc) is 2.43. The Balaban J connectivity index is 2.82. The summed E-state index contributed by atoms with van der Waals surface area (Å²) >= 11 is 0. The lowest BCUT2D eigenvalue weighted by molar-refractivity contribution is -0.383. The van der Waals surface area contributed by atoms with Crippen LogP contribution in [0.5, 0.6) is 0 Å². The number of anilines is 2. The normalized spacial score (nSPS) is 12.6. The molecule has 1 rings (SSSR count). The molecular weight excluding hydrogens is 324 g/mol. The van der Waals surface area contributed by atoms with Crippen molar-refractivity contribution in [3.8, 4) is 0 Å². The maximum atomic E-state index is 11.8. The minimum Gasteiger partial charge on any atom is -0.444 e. The van der Waals surface area contributed by atoms with E-state index in [0.29, 0.717) is 18.3 Å². The Kier molecular flexibility index (Phi) is 7.17. The Bertz CT molecular complexity index is 611. The zero-order chi connectivity index (χ0) is 19.2. The number of nitrogens with zero attached hydrogens (tertiary/aromatic N) is 1. The highest BCUT2D eigenvalue weighted by Crippen LogP contribution is 2.28. The molecule has 0 aromatic heterocycles. The molecule has 3 N–H and O–H groups in total. The van der Waals surface area contributed by atoms with Crippen LogP contribution < -0.4 is 16.0 Å². The molecule has 0 radical (unpaired) electrons. The minimum absolute atomic E-state index is 0.0955. The van der Waals surface area contributed by atoms with Crippen LogP contribution in [0.4, 0.5) is 21.9 Å². The van der Waals surface area contributed by atoms with Gasteiger partial charge in [0, 0.05) is 30.4 Å². The van der Waals surface area contributed by atoms with Crippen LogP contribution in [0.15, 0.2) is 18.2 Å². The molecule has 25 heavy (non-hydrogen) atoms. The topological polar surface area (TPSA) is 106 Å². The monoisotopic (exact) mass is 352 g/mol. The molecule has 0 fully saturated rings. The van der Waals surface area contributed by atoms with Gasteiger partial charge in [0.05, 0.1) is 4.92 Å². The van der Waals surface area contributed by atoms with Crippen molar-refractivity contribution in [3.05, 3.63) is 28.3 Å². The molecule has 0 saturated carbocycles. The van der Waals surface area contributed by atoms with Crippen LogP contribution in [-0.4, -0.2) is 35.2 Å². The number of nitro groups is 1. The highest BCUT2D eigenvalue weighted by molar-refractivity contribution is 5.88. The molecule has 140 valence electrons. The number of benzene rings is 1. The van der Waals surface area contributed by atoms with Crippen LogP contribution in [0.2, 0.25) is 0 Å². The van der Waals surface area contributed by atoms with Gasteiger partial charge in [-0.05, 0) is 39.8 Å². The highest BCUT2D eigenvalue weighted by Gasteiger charge is 2.21. The third-order valence-electron chi connectivity index (χ3n) is 3.06. The zero-order valence-electron chi connectivity index (χ0n) is 15.7. The Morgan fingerprint density at radius 1 is 1.28 bits per heavy atom. The summed E-state index contributed by atoms with van der Waals surface area (Å²) in [7, 11) is 0. The van der Waals surface area contributed by atoms with E-state index in [2.05, 4.69) is 29.8 Å². The number of amides is 1. The van der Waals surface area contributed by atoms with E-state index in [9.17, 15) is 14.9 Å². The van der Waals surface area contributed by atoms with Crippen molar-refractivity contribution in [3.63, 3.8) is 0 Å². The summed E-state index contributed by atoms with van der Waals surface area (Å²) in [5, 5.41) is 20.2. The predicted octanol–water partition coefficient (Wildman–Crippen LogP) is 3.74. The molecule has 0 heterocycles. The van der Waals surface area contributed by atoms with Gasteiger partial charge in [0.25, 0.3) is 5.69 Å². The third-order valence-corrected chi connectivity index (χ3v) is 3.06. The summed E-state index contributed by atoms with van der Waals surface area (Å²) in [4.78, 5) is 22.6. The number of ether oxygens (including phenoxy) is 1. The standard InChI is InChI=1S/C17H28N4O4/c1-11(2)19-12(3)10-18-13-7-8-14(15(9-13)21(23)24)20-16(22)25-17(4,5)6/h7-9,11-12,18-19H,10H2,1-6H3,(H,20,22). The van der Waals surface area contributed by atoms with Crippen molar-refractivity contribution in [1.82, 2.24) is 5.32 Å². The summed E-state index contributed by atoms with van der Waals surface area (Å²) in [5.41, 5.74) is -0.169.